The van der Waals surface area contributed by atoms with Gasteiger partial charge in [-0.2, -0.15) is 0 Å². The number of benzene rings is 2. The van der Waals surface area contributed by atoms with Crippen molar-refractivity contribution in [1.29, 1.82) is 0 Å². The molecule has 5 nitrogen and oxygen atoms in total. The number of phenolic OH excluding ortho intramolecular Hbond substituents is 1. The summed E-state index contributed by atoms with van der Waals surface area (Å²) in [6, 6.07) is 4.33. The van der Waals surface area contributed by atoms with E-state index in [0.29, 0.717) is 11.6 Å². The summed E-state index contributed by atoms with van der Waals surface area (Å²) in [6.07, 6.45) is 2.85. The molecule has 2 aromatic rings. The predicted octanol–water partition coefficient (Wildman–Crippen LogP) is 3.08. The third-order valence-electron chi connectivity index (χ3n) is 4.94. The summed E-state index contributed by atoms with van der Waals surface area (Å²) in [4.78, 5) is 13.9. The zero-order chi connectivity index (χ0) is 21.6. The van der Waals surface area contributed by atoms with Crippen LogP contribution in [0.25, 0.3) is 0 Å². The van der Waals surface area contributed by atoms with E-state index in [1.54, 1.807) is 4.90 Å². The molecule has 30 heavy (non-hydrogen) atoms. The number of Topliss-reactive ketones (excluding diaryl/α,β-unsaturated/α-hetero) is 1. The maximum atomic E-state index is 13.7. The predicted molar refractivity (Wildman–Crippen MR) is 96.9 cm³/mol. The van der Waals surface area contributed by atoms with Crippen molar-refractivity contribution in [2.24, 2.45) is 0 Å². The number of hydrogen-bond donors (Lipinski definition) is 2. The molecule has 2 N–H and O–H groups in total. The second kappa shape index (κ2) is 7.26. The summed E-state index contributed by atoms with van der Waals surface area (Å²) in [7, 11) is 0. The number of likely N-dealkylation sites (tertiary alicyclic amines) is 1. The molecule has 1 aliphatic carbocycles. The van der Waals surface area contributed by atoms with E-state index in [4.69, 9.17) is 9.84 Å². The van der Waals surface area contributed by atoms with E-state index < -0.39 is 40.4 Å². The Balaban J connectivity index is 1.44. The summed E-state index contributed by atoms with van der Waals surface area (Å²) >= 11 is 0. The SMILES string of the molecule is O=C(CN1CC2=CC(Oc3ccc(F)cc3F)=C[C@@]2(O)C1)c1cc(F)c(O)c(F)c1. The molecule has 0 spiro atoms. The fraction of sp³-hybridized carbons (Fsp3) is 0.190. The molecular formula is C21H15F4NO4. The lowest BCUT2D eigenvalue weighted by atomic mass is 10.0. The summed E-state index contributed by atoms with van der Waals surface area (Å²) in [6.45, 7) is -0.0488. The van der Waals surface area contributed by atoms with E-state index in [-0.39, 0.29) is 36.7 Å². The molecule has 0 amide bonds. The topological polar surface area (TPSA) is 70.0 Å². The molecule has 1 heterocycles. The number of ether oxygens (including phenoxy) is 1. The van der Waals surface area contributed by atoms with Crippen LogP contribution in [0.2, 0.25) is 0 Å². The van der Waals surface area contributed by atoms with Crippen LogP contribution in [0.3, 0.4) is 0 Å². The van der Waals surface area contributed by atoms with Crippen molar-refractivity contribution < 1.29 is 37.3 Å². The number of halogens is 4. The number of allylic oxidation sites excluding steroid dienone is 1. The van der Waals surface area contributed by atoms with Gasteiger partial charge in [-0.1, -0.05) is 0 Å². The van der Waals surface area contributed by atoms with E-state index in [9.17, 15) is 27.5 Å². The number of hydrogen-bond acceptors (Lipinski definition) is 5. The number of phenols is 1. The molecule has 2 aliphatic rings. The minimum absolute atomic E-state index is 0.00633. The van der Waals surface area contributed by atoms with Gasteiger partial charge in [0.05, 0.1) is 6.54 Å². The van der Waals surface area contributed by atoms with Gasteiger partial charge in [0.2, 0.25) is 0 Å². The first-order valence-corrected chi connectivity index (χ1v) is 8.87. The van der Waals surface area contributed by atoms with Gasteiger partial charge in [0.15, 0.2) is 34.7 Å². The Morgan fingerprint density at radius 2 is 1.80 bits per heavy atom. The number of rotatable bonds is 5. The van der Waals surface area contributed by atoms with Crippen molar-refractivity contribution in [2.45, 2.75) is 5.60 Å². The molecular weight excluding hydrogens is 406 g/mol. The average Bonchev–Trinajstić information content (AvgIpc) is 3.11. The highest BCUT2D eigenvalue weighted by Gasteiger charge is 2.43. The van der Waals surface area contributed by atoms with Gasteiger partial charge < -0.3 is 14.9 Å². The molecule has 0 aromatic heterocycles. The first kappa shape index (κ1) is 20.1. The largest absolute Gasteiger partial charge is 0.503 e. The Bertz CT molecular complexity index is 1090. The highest BCUT2D eigenvalue weighted by atomic mass is 19.1. The van der Waals surface area contributed by atoms with E-state index in [2.05, 4.69) is 0 Å². The second-order valence-corrected chi connectivity index (χ2v) is 7.17. The summed E-state index contributed by atoms with van der Waals surface area (Å²) in [5, 5.41) is 19.9. The highest BCUT2D eigenvalue weighted by molar-refractivity contribution is 5.97. The fourth-order valence-corrected chi connectivity index (χ4v) is 3.51. The van der Waals surface area contributed by atoms with Gasteiger partial charge in [-0.3, -0.25) is 9.69 Å². The van der Waals surface area contributed by atoms with Gasteiger partial charge in [-0.05, 0) is 42.0 Å². The van der Waals surface area contributed by atoms with Crippen LogP contribution in [-0.4, -0.2) is 46.1 Å². The standard InChI is InChI=1S/C21H15F4NO4/c22-13-1-2-19(15(23)6-13)30-14-5-12-8-26(10-21(12,29)7-14)9-18(27)11-3-16(24)20(28)17(25)4-11/h1-7,28-29H,8-10H2/t21-/m1/s1. The minimum atomic E-state index is -1.45. The smallest absolute Gasteiger partial charge is 0.187 e. The highest BCUT2D eigenvalue weighted by Crippen LogP contribution is 2.36. The third-order valence-corrected chi connectivity index (χ3v) is 4.94. The van der Waals surface area contributed by atoms with E-state index >= 15 is 0 Å². The van der Waals surface area contributed by atoms with Crippen molar-refractivity contribution >= 4 is 5.78 Å². The van der Waals surface area contributed by atoms with Gasteiger partial charge in [0.1, 0.15) is 17.2 Å². The monoisotopic (exact) mass is 421 g/mol. The first-order valence-electron chi connectivity index (χ1n) is 8.87. The molecule has 9 heteroatoms. The Morgan fingerprint density at radius 3 is 2.43 bits per heavy atom. The zero-order valence-corrected chi connectivity index (χ0v) is 15.3. The first-order chi connectivity index (χ1) is 14.1. The minimum Gasteiger partial charge on any atom is -0.503 e. The number of carbonyl (C=O) groups is 1. The number of aliphatic hydroxyl groups is 1. The Labute approximate surface area is 168 Å². The normalized spacial score (nSPS) is 20.7. The van der Waals surface area contributed by atoms with Crippen molar-refractivity contribution in [1.82, 2.24) is 4.90 Å². The molecule has 0 bridgehead atoms. The Kier molecular flexibility index (Phi) is 4.87. The van der Waals surface area contributed by atoms with Gasteiger partial charge in [0.25, 0.3) is 0 Å². The fourth-order valence-electron chi connectivity index (χ4n) is 3.51. The molecule has 0 saturated carbocycles. The molecule has 1 atom stereocenters. The number of β-amino-alcohol motifs (C(OH)–C–C–N with tert-alkyl or cyclic N) is 1. The van der Waals surface area contributed by atoms with Gasteiger partial charge in [-0.25, -0.2) is 17.6 Å². The van der Waals surface area contributed by atoms with Crippen molar-refractivity contribution in [3.63, 3.8) is 0 Å². The van der Waals surface area contributed by atoms with Crippen LogP contribution >= 0.6 is 0 Å². The van der Waals surface area contributed by atoms with Gasteiger partial charge in [-0.15, -0.1) is 0 Å². The summed E-state index contributed by atoms with van der Waals surface area (Å²) in [5.74, 6) is -5.89. The lowest BCUT2D eigenvalue weighted by Gasteiger charge is -2.18. The Morgan fingerprint density at radius 1 is 1.10 bits per heavy atom. The lowest BCUT2D eigenvalue weighted by Crippen LogP contribution is -2.34. The van der Waals surface area contributed by atoms with Crippen LogP contribution in [0.4, 0.5) is 17.6 Å². The molecule has 0 radical (unpaired) electrons. The summed E-state index contributed by atoms with van der Waals surface area (Å²) < 4.78 is 59.0. The number of ketones is 1. The second-order valence-electron chi connectivity index (χ2n) is 7.17. The Hall–Kier alpha value is -3.17. The maximum absolute atomic E-state index is 13.7. The molecule has 4 rings (SSSR count). The van der Waals surface area contributed by atoms with Crippen LogP contribution in [0.1, 0.15) is 10.4 Å². The maximum Gasteiger partial charge on any atom is 0.187 e. The molecule has 1 fully saturated rings. The van der Waals surface area contributed by atoms with Gasteiger partial charge in [0, 0.05) is 24.7 Å². The van der Waals surface area contributed by atoms with Crippen LogP contribution in [0, 0.1) is 23.3 Å². The molecule has 0 unspecified atom stereocenters. The molecule has 1 saturated heterocycles. The number of fused-ring (bicyclic) bond motifs is 1. The van der Waals surface area contributed by atoms with Crippen LogP contribution in [-0.2, 0) is 0 Å². The van der Waals surface area contributed by atoms with Crippen LogP contribution in [0.5, 0.6) is 11.5 Å². The summed E-state index contributed by atoms with van der Waals surface area (Å²) in [5.41, 5.74) is -1.19. The van der Waals surface area contributed by atoms with E-state index in [0.717, 1.165) is 24.3 Å². The number of aromatic hydroxyl groups is 1. The van der Waals surface area contributed by atoms with Crippen LogP contribution in [0.15, 0.2) is 53.8 Å². The zero-order valence-electron chi connectivity index (χ0n) is 15.3. The van der Waals surface area contributed by atoms with Crippen molar-refractivity contribution in [3.8, 4) is 11.5 Å². The van der Waals surface area contributed by atoms with Crippen LogP contribution < -0.4 is 4.74 Å². The van der Waals surface area contributed by atoms with Crippen molar-refractivity contribution in [2.75, 3.05) is 19.6 Å². The van der Waals surface area contributed by atoms with Crippen molar-refractivity contribution in [3.05, 3.63) is 82.6 Å². The third kappa shape index (κ3) is 3.69. The van der Waals surface area contributed by atoms with Gasteiger partial charge >= 0.3 is 0 Å². The molecule has 2 aromatic carbocycles. The average molecular weight is 421 g/mol. The van der Waals surface area contributed by atoms with E-state index in [1.807, 2.05) is 0 Å². The lowest BCUT2D eigenvalue weighted by molar-refractivity contribution is 0.0900. The number of nitrogens with zero attached hydrogens (tertiary/aromatic N) is 1. The molecule has 156 valence electrons. The van der Waals surface area contributed by atoms with E-state index in [1.165, 1.54) is 12.2 Å². The number of carbonyl (C=O) groups excluding carboxylic acids is 1. The molecule has 1 aliphatic heterocycles. The quantitative estimate of drug-likeness (QED) is 0.574.